The van der Waals surface area contributed by atoms with Crippen LogP contribution in [0.3, 0.4) is 0 Å². The lowest BCUT2D eigenvalue weighted by atomic mass is 10.2. The van der Waals surface area contributed by atoms with Crippen LogP contribution in [0.1, 0.15) is 27.7 Å². The molecule has 132 valence electrons. The molecule has 2 aliphatic rings. The van der Waals surface area contributed by atoms with Crippen LogP contribution in [0.25, 0.3) is 0 Å². The second-order valence-electron chi connectivity index (χ2n) is 6.97. The quantitative estimate of drug-likeness (QED) is 0.741. The predicted octanol–water partition coefficient (Wildman–Crippen LogP) is 0.849. The van der Waals surface area contributed by atoms with E-state index in [1.54, 1.807) is 22.2 Å². The van der Waals surface area contributed by atoms with Crippen LogP contribution in [0.15, 0.2) is 12.4 Å². The Bertz CT molecular complexity index is 584. The first-order chi connectivity index (χ1) is 10.5. The lowest BCUT2D eigenvalue weighted by molar-refractivity contribution is 0.00825. The van der Waals surface area contributed by atoms with Crippen molar-refractivity contribution in [2.24, 2.45) is 0 Å². The summed E-state index contributed by atoms with van der Waals surface area (Å²) < 4.78 is 33.3. The molecule has 1 fully saturated rings. The van der Waals surface area contributed by atoms with Crippen LogP contribution in [0.5, 0.6) is 0 Å². The smallest absolute Gasteiger partial charge is 0.410 e. The molecule has 23 heavy (non-hydrogen) atoms. The molecule has 2 heterocycles. The summed E-state index contributed by atoms with van der Waals surface area (Å²) in [6.07, 6.45) is 2.88. The number of rotatable bonds is 2. The Labute approximate surface area is 138 Å². The Morgan fingerprint density at radius 2 is 1.87 bits per heavy atom. The van der Waals surface area contributed by atoms with Crippen molar-refractivity contribution in [3.63, 3.8) is 0 Å². The molecule has 2 aliphatic heterocycles. The largest absolute Gasteiger partial charge is 0.444 e. The Balaban J connectivity index is 2.01. The van der Waals surface area contributed by atoms with E-state index >= 15 is 0 Å². The van der Waals surface area contributed by atoms with Gasteiger partial charge in [-0.3, -0.25) is 0 Å². The van der Waals surface area contributed by atoms with E-state index in [0.29, 0.717) is 13.2 Å². The van der Waals surface area contributed by atoms with Gasteiger partial charge in [-0.15, -0.1) is 0 Å². The van der Waals surface area contributed by atoms with Gasteiger partial charge in [-0.2, -0.15) is 12.7 Å². The molecule has 9 heteroatoms. The molecule has 2 rings (SSSR count). The zero-order valence-electron chi connectivity index (χ0n) is 14.4. The van der Waals surface area contributed by atoms with Gasteiger partial charge in [0.25, 0.3) is 0 Å². The zero-order valence-corrected chi connectivity index (χ0v) is 15.2. The molecule has 0 N–H and O–H groups in total. The molecular weight excluding hydrogens is 320 g/mol. The Morgan fingerprint density at radius 1 is 1.22 bits per heavy atom. The van der Waals surface area contributed by atoms with Crippen molar-refractivity contribution < 1.29 is 17.9 Å². The summed E-state index contributed by atoms with van der Waals surface area (Å²) >= 11 is 0. The third kappa shape index (κ3) is 4.08. The molecule has 0 spiro atoms. The first-order valence-corrected chi connectivity index (χ1v) is 9.05. The molecule has 0 aliphatic carbocycles. The van der Waals surface area contributed by atoms with Gasteiger partial charge >= 0.3 is 16.3 Å². The monoisotopic (exact) mass is 346 g/mol. The van der Waals surface area contributed by atoms with Gasteiger partial charge in [-0.25, -0.2) is 9.10 Å². The first-order valence-electron chi connectivity index (χ1n) is 7.66. The number of hydrogen-bond acceptors (Lipinski definition) is 5. The van der Waals surface area contributed by atoms with Crippen molar-refractivity contribution in [1.29, 1.82) is 0 Å². The Hall–Kier alpha value is -1.48. The van der Waals surface area contributed by atoms with Crippen LogP contribution < -0.4 is 0 Å². The number of nitrogens with zero attached hydrogens (tertiary/aromatic N) is 4. The fraction of sp³-hybridized carbons (Fsp3) is 0.786. The van der Waals surface area contributed by atoms with Crippen molar-refractivity contribution in [2.75, 3.05) is 33.4 Å². The number of carbonyl (C=O) groups is 1. The number of hydrogen-bond donors (Lipinski definition) is 0. The third-order valence-electron chi connectivity index (χ3n) is 3.69. The lowest BCUT2D eigenvalue weighted by Crippen LogP contribution is -2.58. The van der Waals surface area contributed by atoms with Crippen LogP contribution in [-0.2, 0) is 14.9 Å². The van der Waals surface area contributed by atoms with Gasteiger partial charge in [-0.05, 0) is 27.7 Å². The molecule has 1 amide bonds. The first kappa shape index (κ1) is 17.9. The van der Waals surface area contributed by atoms with Crippen LogP contribution >= 0.6 is 0 Å². The normalized spacial score (nSPS) is 23.5. The summed E-state index contributed by atoms with van der Waals surface area (Å²) in [6.45, 7) is 8.42. The van der Waals surface area contributed by atoms with E-state index < -0.39 is 21.9 Å². The number of piperazine rings is 1. The molecule has 8 nitrogen and oxygen atoms in total. The number of ether oxygens (including phenoxy) is 1. The van der Waals surface area contributed by atoms with E-state index in [9.17, 15) is 13.2 Å². The molecule has 1 saturated heterocycles. The summed E-state index contributed by atoms with van der Waals surface area (Å²) in [7, 11) is -1.74. The van der Waals surface area contributed by atoms with E-state index in [2.05, 4.69) is 0 Å². The average molecular weight is 346 g/mol. The highest BCUT2D eigenvalue weighted by Gasteiger charge is 2.38. The fourth-order valence-electron chi connectivity index (χ4n) is 2.53. The predicted molar refractivity (Wildman–Crippen MR) is 86.5 cm³/mol. The Kier molecular flexibility index (Phi) is 4.81. The van der Waals surface area contributed by atoms with Gasteiger partial charge in [0.2, 0.25) is 0 Å². The van der Waals surface area contributed by atoms with Gasteiger partial charge in [0, 0.05) is 45.1 Å². The molecule has 0 aromatic rings. The van der Waals surface area contributed by atoms with Crippen LogP contribution in [0.4, 0.5) is 4.79 Å². The maximum atomic E-state index is 12.6. The Morgan fingerprint density at radius 3 is 2.35 bits per heavy atom. The molecule has 0 aromatic carbocycles. The van der Waals surface area contributed by atoms with Crippen molar-refractivity contribution in [1.82, 2.24) is 18.4 Å². The van der Waals surface area contributed by atoms with Crippen molar-refractivity contribution in [2.45, 2.75) is 39.3 Å². The minimum Gasteiger partial charge on any atom is -0.444 e. The molecule has 0 unspecified atom stereocenters. The second kappa shape index (κ2) is 6.20. The highest BCUT2D eigenvalue weighted by molar-refractivity contribution is 7.86. The van der Waals surface area contributed by atoms with Gasteiger partial charge in [-0.1, -0.05) is 0 Å². The van der Waals surface area contributed by atoms with Crippen molar-refractivity contribution >= 4 is 16.3 Å². The van der Waals surface area contributed by atoms with Crippen LogP contribution in [0, 0.1) is 0 Å². The standard InChI is InChI=1S/C14H26N4O4S/c1-12-10-16(23(20,21)17-7-6-15(5)11-17)8-9-18(12)13(19)22-14(2,3)4/h6-7,12H,8-11H2,1-5H3/t12-/m1/s1. The zero-order chi connectivity index (χ0) is 17.4. The SMILES string of the molecule is C[C@@H]1CN(S(=O)(=O)N2C=CN(C)C2)CCN1C(=O)OC(C)(C)C. The average Bonchev–Trinajstić information content (AvgIpc) is 2.83. The summed E-state index contributed by atoms with van der Waals surface area (Å²) in [5.74, 6) is 0. The van der Waals surface area contributed by atoms with Crippen LogP contribution in [0.2, 0.25) is 0 Å². The summed E-state index contributed by atoms with van der Waals surface area (Å²) in [4.78, 5) is 15.6. The van der Waals surface area contributed by atoms with Crippen molar-refractivity contribution in [3.05, 3.63) is 12.4 Å². The van der Waals surface area contributed by atoms with E-state index in [-0.39, 0.29) is 19.1 Å². The maximum Gasteiger partial charge on any atom is 0.410 e. The summed E-state index contributed by atoms with van der Waals surface area (Å²) in [6, 6.07) is -0.238. The van der Waals surface area contributed by atoms with E-state index in [1.165, 1.54) is 8.61 Å². The molecule has 1 atom stereocenters. The third-order valence-corrected chi connectivity index (χ3v) is 5.50. The minimum atomic E-state index is -3.55. The summed E-state index contributed by atoms with van der Waals surface area (Å²) in [5, 5.41) is 0. The molecular formula is C14H26N4O4S. The second-order valence-corrected chi connectivity index (χ2v) is 8.85. The number of amides is 1. The number of carbonyl (C=O) groups excluding carboxylic acids is 1. The van der Waals surface area contributed by atoms with E-state index in [1.807, 2.05) is 34.7 Å². The highest BCUT2D eigenvalue weighted by atomic mass is 32.2. The lowest BCUT2D eigenvalue weighted by Gasteiger charge is -2.40. The molecule has 0 radical (unpaired) electrons. The topological polar surface area (TPSA) is 73.4 Å². The molecule has 0 saturated carbocycles. The minimum absolute atomic E-state index is 0.238. The van der Waals surface area contributed by atoms with Crippen molar-refractivity contribution in [3.8, 4) is 0 Å². The molecule has 0 bridgehead atoms. The fourth-order valence-corrected chi connectivity index (χ4v) is 4.08. The van der Waals surface area contributed by atoms with Gasteiger partial charge in [0.1, 0.15) is 12.3 Å². The van der Waals surface area contributed by atoms with Gasteiger partial charge in [0.15, 0.2) is 0 Å². The molecule has 0 aromatic heterocycles. The van der Waals surface area contributed by atoms with Crippen LogP contribution in [-0.4, -0.2) is 77.9 Å². The van der Waals surface area contributed by atoms with E-state index in [0.717, 1.165) is 0 Å². The maximum absolute atomic E-state index is 12.6. The highest BCUT2D eigenvalue weighted by Crippen LogP contribution is 2.21. The van der Waals surface area contributed by atoms with Gasteiger partial charge in [0.05, 0.1) is 0 Å². The summed E-state index contributed by atoms with van der Waals surface area (Å²) in [5.41, 5.74) is -0.565. The van der Waals surface area contributed by atoms with E-state index in [4.69, 9.17) is 4.74 Å². The van der Waals surface area contributed by atoms with Gasteiger partial charge < -0.3 is 14.5 Å².